The third-order valence-electron chi connectivity index (χ3n) is 3.98. The van der Waals surface area contributed by atoms with Gasteiger partial charge in [0.05, 0.1) is 16.5 Å². The van der Waals surface area contributed by atoms with E-state index in [1.54, 1.807) is 18.2 Å². The first-order valence-corrected chi connectivity index (χ1v) is 11.2. The van der Waals surface area contributed by atoms with Gasteiger partial charge >= 0.3 is 0 Å². The molecule has 0 saturated heterocycles. The highest BCUT2D eigenvalue weighted by atomic mass is 35.5. The van der Waals surface area contributed by atoms with Crippen LogP contribution in [-0.4, -0.2) is 16.8 Å². The number of nitrogens with one attached hydrogen (secondary N) is 3. The molecule has 1 amide bonds. The molecule has 0 atom stereocenters. The summed E-state index contributed by atoms with van der Waals surface area (Å²) in [5.74, 6) is 0.0909. The number of thiocarbonyl (C=S) groups is 1. The first kappa shape index (κ1) is 22.4. The molecule has 0 aliphatic carbocycles. The maximum absolute atomic E-state index is 12.2. The van der Waals surface area contributed by atoms with Crippen LogP contribution in [0.15, 0.2) is 71.6 Å². The molecule has 3 aromatic rings. The predicted octanol–water partition coefficient (Wildman–Crippen LogP) is 6.84. The van der Waals surface area contributed by atoms with Crippen LogP contribution in [0.25, 0.3) is 0 Å². The van der Waals surface area contributed by atoms with E-state index in [4.69, 9.17) is 35.4 Å². The molecule has 4 nitrogen and oxygen atoms in total. The first-order valence-electron chi connectivity index (χ1n) is 9.01. The van der Waals surface area contributed by atoms with Crippen molar-refractivity contribution in [3.63, 3.8) is 0 Å². The van der Waals surface area contributed by atoms with E-state index in [0.717, 1.165) is 16.3 Å². The first-order chi connectivity index (χ1) is 14.4. The van der Waals surface area contributed by atoms with E-state index < -0.39 is 0 Å². The lowest BCUT2D eigenvalue weighted by molar-refractivity contribution is -0.113. The third kappa shape index (κ3) is 6.92. The number of thioether (sulfide) groups is 1. The molecular formula is C22H19Cl2N3OS2. The van der Waals surface area contributed by atoms with Crippen LogP contribution >= 0.6 is 47.2 Å². The van der Waals surface area contributed by atoms with Crippen molar-refractivity contribution in [3.05, 3.63) is 82.3 Å². The summed E-state index contributed by atoms with van der Waals surface area (Å²) < 4.78 is 0. The Morgan fingerprint density at radius 1 is 0.933 bits per heavy atom. The second-order valence-electron chi connectivity index (χ2n) is 6.43. The van der Waals surface area contributed by atoms with Gasteiger partial charge in [0, 0.05) is 21.3 Å². The molecule has 0 saturated carbocycles. The molecule has 0 unspecified atom stereocenters. The smallest absolute Gasteiger partial charge is 0.234 e. The Morgan fingerprint density at radius 2 is 1.67 bits per heavy atom. The summed E-state index contributed by atoms with van der Waals surface area (Å²) in [6.45, 7) is 2.04. The maximum Gasteiger partial charge on any atom is 0.234 e. The minimum absolute atomic E-state index is 0.154. The van der Waals surface area contributed by atoms with Crippen LogP contribution in [0.5, 0.6) is 0 Å². The number of hydrogen-bond donors (Lipinski definition) is 3. The summed E-state index contributed by atoms with van der Waals surface area (Å²) in [5, 5.41) is 10.5. The minimum atomic E-state index is -0.154. The van der Waals surface area contributed by atoms with Crippen molar-refractivity contribution < 1.29 is 4.79 Å². The molecule has 3 rings (SSSR count). The monoisotopic (exact) mass is 475 g/mol. The maximum atomic E-state index is 12.2. The van der Waals surface area contributed by atoms with E-state index in [9.17, 15) is 4.79 Å². The fraction of sp³-hybridized carbons (Fsp3) is 0.0909. The summed E-state index contributed by atoms with van der Waals surface area (Å²) in [6, 6.07) is 20.6. The molecule has 0 aromatic heterocycles. The highest BCUT2D eigenvalue weighted by Gasteiger charge is 2.08. The summed E-state index contributed by atoms with van der Waals surface area (Å²) in [4.78, 5) is 13.2. The van der Waals surface area contributed by atoms with E-state index >= 15 is 0 Å². The molecule has 0 spiro atoms. The van der Waals surface area contributed by atoms with E-state index in [2.05, 4.69) is 16.0 Å². The topological polar surface area (TPSA) is 53.2 Å². The number of halogens is 2. The molecule has 0 heterocycles. The third-order valence-corrected chi connectivity index (χ3v) is 5.72. The largest absolute Gasteiger partial charge is 0.332 e. The van der Waals surface area contributed by atoms with Gasteiger partial charge in [0.2, 0.25) is 5.91 Å². The van der Waals surface area contributed by atoms with Gasteiger partial charge < -0.3 is 16.0 Å². The summed E-state index contributed by atoms with van der Waals surface area (Å²) in [7, 11) is 0. The molecule has 0 aliphatic rings. The van der Waals surface area contributed by atoms with Crippen LogP contribution in [0.4, 0.5) is 17.1 Å². The molecule has 3 N–H and O–H groups in total. The average Bonchev–Trinajstić information content (AvgIpc) is 2.70. The van der Waals surface area contributed by atoms with Gasteiger partial charge in [-0.1, -0.05) is 47.0 Å². The number of carbonyl (C=O) groups is 1. The highest BCUT2D eigenvalue weighted by molar-refractivity contribution is 8.00. The van der Waals surface area contributed by atoms with Gasteiger partial charge in [-0.3, -0.25) is 4.79 Å². The van der Waals surface area contributed by atoms with E-state index in [0.29, 0.717) is 20.8 Å². The Bertz CT molecular complexity index is 1060. The van der Waals surface area contributed by atoms with Crippen LogP contribution in [0.1, 0.15) is 5.56 Å². The SMILES string of the molecule is Cc1ccc(NC(=S)Nc2cccc(SCC(=O)Nc3ccc(Cl)cc3Cl)c2)cc1. The standard InChI is InChI=1S/C22H19Cl2N3OS2/c1-14-5-8-16(9-6-14)25-22(29)26-17-3-2-4-18(12-17)30-13-21(28)27-20-10-7-15(23)11-19(20)24/h2-12H,13H2,1H3,(H,27,28)(H2,25,26,29). The molecule has 0 aliphatic heterocycles. The van der Waals surface area contributed by atoms with E-state index in [-0.39, 0.29) is 11.7 Å². The highest BCUT2D eigenvalue weighted by Crippen LogP contribution is 2.26. The van der Waals surface area contributed by atoms with E-state index in [1.807, 2.05) is 55.5 Å². The van der Waals surface area contributed by atoms with Crippen molar-refractivity contribution in [2.24, 2.45) is 0 Å². The zero-order chi connectivity index (χ0) is 21.5. The quantitative estimate of drug-likeness (QED) is 0.269. The van der Waals surface area contributed by atoms with Gasteiger partial charge in [0.15, 0.2) is 5.11 Å². The normalized spacial score (nSPS) is 10.4. The molecule has 3 aromatic carbocycles. The van der Waals surface area contributed by atoms with Crippen LogP contribution in [0, 0.1) is 6.92 Å². The zero-order valence-corrected chi connectivity index (χ0v) is 19.2. The van der Waals surface area contributed by atoms with Crippen molar-refractivity contribution in [2.45, 2.75) is 11.8 Å². The lowest BCUT2D eigenvalue weighted by Gasteiger charge is -2.12. The molecule has 0 bridgehead atoms. The Labute approximate surface area is 195 Å². The summed E-state index contributed by atoms with van der Waals surface area (Å²) in [6.07, 6.45) is 0. The van der Waals surface area contributed by atoms with E-state index in [1.165, 1.54) is 17.3 Å². The molecule has 0 fully saturated rings. The lowest BCUT2D eigenvalue weighted by atomic mass is 10.2. The number of carbonyl (C=O) groups excluding carboxylic acids is 1. The van der Waals surface area contributed by atoms with Gasteiger partial charge in [-0.2, -0.15) is 0 Å². The van der Waals surface area contributed by atoms with Crippen LogP contribution in [0.2, 0.25) is 10.0 Å². The van der Waals surface area contributed by atoms with Crippen molar-refractivity contribution in [2.75, 3.05) is 21.7 Å². The molecule has 30 heavy (non-hydrogen) atoms. The lowest BCUT2D eigenvalue weighted by Crippen LogP contribution is -2.19. The molecule has 154 valence electrons. The fourth-order valence-electron chi connectivity index (χ4n) is 2.52. The fourth-order valence-corrected chi connectivity index (χ4v) is 3.97. The van der Waals surface area contributed by atoms with Gasteiger partial charge in [0.25, 0.3) is 0 Å². The van der Waals surface area contributed by atoms with Crippen molar-refractivity contribution >= 4 is 75.3 Å². The second kappa shape index (κ2) is 10.7. The van der Waals surface area contributed by atoms with Gasteiger partial charge in [-0.25, -0.2) is 0 Å². The predicted molar refractivity (Wildman–Crippen MR) is 133 cm³/mol. The summed E-state index contributed by atoms with van der Waals surface area (Å²) >= 11 is 18.8. The molecule has 8 heteroatoms. The number of anilines is 3. The number of aryl methyl sites for hydroxylation is 1. The Kier molecular flexibility index (Phi) is 7.99. The number of benzene rings is 3. The van der Waals surface area contributed by atoms with Crippen molar-refractivity contribution in [3.8, 4) is 0 Å². The Morgan fingerprint density at radius 3 is 2.40 bits per heavy atom. The van der Waals surface area contributed by atoms with Crippen molar-refractivity contribution in [1.29, 1.82) is 0 Å². The van der Waals surface area contributed by atoms with Crippen molar-refractivity contribution in [1.82, 2.24) is 0 Å². The van der Waals surface area contributed by atoms with Crippen LogP contribution < -0.4 is 16.0 Å². The van der Waals surface area contributed by atoms with Crippen LogP contribution in [0.3, 0.4) is 0 Å². The number of amides is 1. The van der Waals surface area contributed by atoms with Gasteiger partial charge in [-0.05, 0) is 67.7 Å². The van der Waals surface area contributed by atoms with Crippen LogP contribution in [-0.2, 0) is 4.79 Å². The van der Waals surface area contributed by atoms with Gasteiger partial charge in [-0.15, -0.1) is 11.8 Å². The molecule has 0 radical (unpaired) electrons. The summed E-state index contributed by atoms with van der Waals surface area (Å²) in [5.41, 5.74) is 3.48. The second-order valence-corrected chi connectivity index (χ2v) is 8.73. The Hall–Kier alpha value is -2.25. The Balaban J connectivity index is 1.52. The molecular weight excluding hydrogens is 457 g/mol. The minimum Gasteiger partial charge on any atom is -0.332 e. The number of rotatable bonds is 6. The number of hydrogen-bond acceptors (Lipinski definition) is 3. The average molecular weight is 476 g/mol. The zero-order valence-electron chi connectivity index (χ0n) is 16.0. The van der Waals surface area contributed by atoms with Gasteiger partial charge in [0.1, 0.15) is 0 Å².